The maximum atomic E-state index is 6.07. The van der Waals surface area contributed by atoms with Gasteiger partial charge < -0.3 is 10.5 Å². The first kappa shape index (κ1) is 12.9. The molecule has 0 atom stereocenters. The van der Waals surface area contributed by atoms with Crippen molar-refractivity contribution in [1.29, 1.82) is 0 Å². The van der Waals surface area contributed by atoms with E-state index >= 15 is 0 Å². The van der Waals surface area contributed by atoms with Gasteiger partial charge in [0.1, 0.15) is 5.75 Å². The average Bonchev–Trinajstić information content (AvgIpc) is 2.78. The molecule has 0 radical (unpaired) electrons. The number of ether oxygens (including phenoxy) is 1. The molecule has 0 amide bonds. The minimum atomic E-state index is 0.302. The fraction of sp³-hybridized carbons (Fsp3) is 0.308. The Balaban J connectivity index is 2.25. The summed E-state index contributed by atoms with van der Waals surface area (Å²) in [5.41, 5.74) is 6.48. The van der Waals surface area contributed by atoms with E-state index in [9.17, 15) is 0 Å². The van der Waals surface area contributed by atoms with E-state index in [1.165, 1.54) is 0 Å². The van der Waals surface area contributed by atoms with Gasteiger partial charge in [0.2, 0.25) is 0 Å². The highest BCUT2D eigenvalue weighted by Gasteiger charge is 2.09. The summed E-state index contributed by atoms with van der Waals surface area (Å²) in [6, 6.07) is 5.79. The quantitative estimate of drug-likeness (QED) is 0.922. The van der Waals surface area contributed by atoms with E-state index in [1.807, 2.05) is 23.0 Å². The van der Waals surface area contributed by atoms with Gasteiger partial charge in [0.25, 0.3) is 0 Å². The van der Waals surface area contributed by atoms with Gasteiger partial charge in [-0.1, -0.05) is 17.7 Å². The van der Waals surface area contributed by atoms with Gasteiger partial charge in [-0.3, -0.25) is 4.68 Å². The molecular formula is C13H16ClN3O. The Bertz CT molecular complexity index is 537. The third kappa shape index (κ3) is 2.66. The number of nitrogens with zero attached hydrogens (tertiary/aromatic N) is 2. The van der Waals surface area contributed by atoms with Crippen molar-refractivity contribution in [1.82, 2.24) is 9.78 Å². The van der Waals surface area contributed by atoms with Crippen LogP contribution in [0.1, 0.15) is 25.5 Å². The number of hydrogen-bond donors (Lipinski definition) is 1. The summed E-state index contributed by atoms with van der Waals surface area (Å²) in [7, 11) is 0. The fourth-order valence-corrected chi connectivity index (χ4v) is 1.86. The number of nitrogens with two attached hydrogens (primary N) is 1. The maximum absolute atomic E-state index is 6.07. The van der Waals surface area contributed by atoms with Crippen LogP contribution in [0.25, 0.3) is 0 Å². The Kier molecular flexibility index (Phi) is 3.89. The Hall–Kier alpha value is -1.52. The first-order chi connectivity index (χ1) is 8.61. The summed E-state index contributed by atoms with van der Waals surface area (Å²) in [5, 5.41) is 4.83. The molecule has 5 heteroatoms. The Morgan fingerprint density at radius 1 is 1.44 bits per heavy atom. The van der Waals surface area contributed by atoms with Crippen molar-refractivity contribution in [2.45, 2.75) is 26.4 Å². The molecule has 1 heterocycles. The molecule has 0 bridgehead atoms. The molecule has 0 fully saturated rings. The van der Waals surface area contributed by atoms with Crippen molar-refractivity contribution in [3.05, 3.63) is 41.2 Å². The number of hydrogen-bond acceptors (Lipinski definition) is 3. The third-order valence-electron chi connectivity index (χ3n) is 2.61. The topological polar surface area (TPSA) is 53.1 Å². The molecule has 0 saturated carbocycles. The molecule has 1 aromatic carbocycles. The highest BCUT2D eigenvalue weighted by atomic mass is 35.5. The lowest BCUT2D eigenvalue weighted by molar-refractivity contribution is 0.471. The SMILES string of the molecule is CC(C)n1cc(Oc2cccc(Cl)c2CN)cn1. The molecule has 0 spiro atoms. The Labute approximate surface area is 111 Å². The lowest BCUT2D eigenvalue weighted by atomic mass is 10.2. The lowest BCUT2D eigenvalue weighted by Gasteiger charge is -2.09. The molecule has 2 aromatic rings. The normalized spacial score (nSPS) is 10.9. The number of aromatic nitrogens is 2. The summed E-state index contributed by atoms with van der Waals surface area (Å²) < 4.78 is 7.60. The standard InChI is InChI=1S/C13H16ClN3O/c1-9(2)17-8-10(7-16-17)18-13-5-3-4-12(14)11(13)6-15/h3-5,7-9H,6,15H2,1-2H3. The second-order valence-corrected chi connectivity index (χ2v) is 4.68. The third-order valence-corrected chi connectivity index (χ3v) is 2.97. The van der Waals surface area contributed by atoms with Crippen LogP contribution >= 0.6 is 11.6 Å². The van der Waals surface area contributed by atoms with E-state index in [0.29, 0.717) is 29.1 Å². The molecule has 2 rings (SSSR count). The van der Waals surface area contributed by atoms with Crippen LogP contribution in [0.3, 0.4) is 0 Å². The van der Waals surface area contributed by atoms with Gasteiger partial charge >= 0.3 is 0 Å². The van der Waals surface area contributed by atoms with E-state index in [2.05, 4.69) is 18.9 Å². The smallest absolute Gasteiger partial charge is 0.165 e. The molecule has 0 aliphatic heterocycles. The molecule has 96 valence electrons. The first-order valence-corrected chi connectivity index (χ1v) is 6.19. The maximum Gasteiger partial charge on any atom is 0.165 e. The van der Waals surface area contributed by atoms with Gasteiger partial charge in [-0.15, -0.1) is 0 Å². The Morgan fingerprint density at radius 3 is 2.83 bits per heavy atom. The zero-order chi connectivity index (χ0) is 13.1. The molecule has 18 heavy (non-hydrogen) atoms. The van der Waals surface area contributed by atoms with Gasteiger partial charge in [0.05, 0.1) is 12.4 Å². The summed E-state index contributed by atoms with van der Waals surface area (Å²) in [4.78, 5) is 0. The van der Waals surface area contributed by atoms with Crippen molar-refractivity contribution < 1.29 is 4.74 Å². The highest BCUT2D eigenvalue weighted by Crippen LogP contribution is 2.30. The molecule has 0 aliphatic rings. The van der Waals surface area contributed by atoms with Crippen LogP contribution in [0.5, 0.6) is 11.5 Å². The van der Waals surface area contributed by atoms with Crippen molar-refractivity contribution in [2.75, 3.05) is 0 Å². The molecule has 4 nitrogen and oxygen atoms in total. The summed E-state index contributed by atoms with van der Waals surface area (Å²) in [6.45, 7) is 4.45. The van der Waals surface area contributed by atoms with E-state index in [-0.39, 0.29) is 0 Å². The first-order valence-electron chi connectivity index (χ1n) is 5.81. The molecule has 0 saturated heterocycles. The summed E-state index contributed by atoms with van der Waals surface area (Å²) in [6.07, 6.45) is 3.53. The zero-order valence-electron chi connectivity index (χ0n) is 10.4. The van der Waals surface area contributed by atoms with Crippen LogP contribution < -0.4 is 10.5 Å². The van der Waals surface area contributed by atoms with Gasteiger partial charge in [0, 0.05) is 23.2 Å². The molecule has 0 unspecified atom stereocenters. The van der Waals surface area contributed by atoms with Gasteiger partial charge in [-0.05, 0) is 26.0 Å². The predicted molar refractivity (Wildman–Crippen MR) is 72.0 cm³/mol. The molecular weight excluding hydrogens is 250 g/mol. The van der Waals surface area contributed by atoms with Crippen LogP contribution in [0.15, 0.2) is 30.6 Å². The number of rotatable bonds is 4. The van der Waals surface area contributed by atoms with E-state index < -0.39 is 0 Å². The van der Waals surface area contributed by atoms with Crippen molar-refractivity contribution >= 4 is 11.6 Å². The van der Waals surface area contributed by atoms with E-state index in [1.54, 1.807) is 12.3 Å². The van der Waals surface area contributed by atoms with Crippen molar-refractivity contribution in [2.24, 2.45) is 5.73 Å². The second-order valence-electron chi connectivity index (χ2n) is 4.27. The van der Waals surface area contributed by atoms with Gasteiger partial charge in [0.15, 0.2) is 5.75 Å². The minimum Gasteiger partial charge on any atom is -0.454 e. The Morgan fingerprint density at radius 2 is 2.22 bits per heavy atom. The van der Waals surface area contributed by atoms with Crippen molar-refractivity contribution in [3.63, 3.8) is 0 Å². The summed E-state index contributed by atoms with van der Waals surface area (Å²) >= 11 is 6.07. The van der Waals surface area contributed by atoms with Crippen LogP contribution in [-0.4, -0.2) is 9.78 Å². The van der Waals surface area contributed by atoms with Crippen LogP contribution in [0, 0.1) is 0 Å². The van der Waals surface area contributed by atoms with Gasteiger partial charge in [-0.25, -0.2) is 0 Å². The van der Waals surface area contributed by atoms with Gasteiger partial charge in [-0.2, -0.15) is 5.10 Å². The second kappa shape index (κ2) is 5.42. The highest BCUT2D eigenvalue weighted by molar-refractivity contribution is 6.31. The van der Waals surface area contributed by atoms with Crippen molar-refractivity contribution in [3.8, 4) is 11.5 Å². The number of halogens is 1. The molecule has 0 aliphatic carbocycles. The fourth-order valence-electron chi connectivity index (χ4n) is 1.62. The van der Waals surface area contributed by atoms with E-state index in [4.69, 9.17) is 22.1 Å². The van der Waals surface area contributed by atoms with Crippen LogP contribution in [0.4, 0.5) is 0 Å². The number of benzene rings is 1. The minimum absolute atomic E-state index is 0.302. The molecule has 2 N–H and O–H groups in total. The summed E-state index contributed by atoms with van der Waals surface area (Å²) in [5.74, 6) is 1.36. The average molecular weight is 266 g/mol. The largest absolute Gasteiger partial charge is 0.454 e. The molecule has 1 aromatic heterocycles. The lowest BCUT2D eigenvalue weighted by Crippen LogP contribution is -2.01. The van der Waals surface area contributed by atoms with E-state index in [0.717, 1.165) is 5.56 Å². The van der Waals surface area contributed by atoms with Crippen LogP contribution in [-0.2, 0) is 6.54 Å². The predicted octanol–water partition coefficient (Wildman–Crippen LogP) is 3.37. The monoisotopic (exact) mass is 265 g/mol. The van der Waals surface area contributed by atoms with Crippen LogP contribution in [0.2, 0.25) is 5.02 Å². The zero-order valence-corrected chi connectivity index (χ0v) is 11.2.